The molecule has 21 heavy (non-hydrogen) atoms. The number of amides is 1. The quantitative estimate of drug-likeness (QED) is 0.669. The minimum Gasteiger partial charge on any atom is -0.299 e. The van der Waals surface area contributed by atoms with E-state index in [9.17, 15) is 18.0 Å². The van der Waals surface area contributed by atoms with Crippen LogP contribution in [-0.2, 0) is 11.0 Å². The largest absolute Gasteiger partial charge is 0.416 e. The molecule has 1 aromatic heterocycles. The maximum absolute atomic E-state index is 12.6. The van der Waals surface area contributed by atoms with Gasteiger partial charge in [-0.1, -0.05) is 29.2 Å². The standard InChI is InChI=1S/C11H7ClF3N3OS2/c12-5-8(19)16-9-17-18-10(21-9)20-7-3-1-2-6(4-7)11(13,14)15/h1-4H,5H2,(H,16,17,19). The number of aromatic nitrogens is 2. The molecule has 0 unspecified atom stereocenters. The van der Waals surface area contributed by atoms with Gasteiger partial charge in [-0.3, -0.25) is 10.1 Å². The first-order chi connectivity index (χ1) is 9.88. The van der Waals surface area contributed by atoms with E-state index in [-0.39, 0.29) is 11.0 Å². The third-order valence-electron chi connectivity index (χ3n) is 2.14. The Hall–Kier alpha value is -1.32. The fourth-order valence-corrected chi connectivity index (χ4v) is 3.16. The lowest BCUT2D eigenvalue weighted by Gasteiger charge is -2.07. The number of benzene rings is 1. The van der Waals surface area contributed by atoms with Gasteiger partial charge in [-0.2, -0.15) is 13.2 Å². The molecule has 2 rings (SSSR count). The molecule has 10 heteroatoms. The first-order valence-corrected chi connectivity index (χ1v) is 7.59. The van der Waals surface area contributed by atoms with Gasteiger partial charge in [0.2, 0.25) is 11.0 Å². The van der Waals surface area contributed by atoms with E-state index in [1.807, 2.05) is 0 Å². The van der Waals surface area contributed by atoms with E-state index in [2.05, 4.69) is 15.5 Å². The van der Waals surface area contributed by atoms with Crippen molar-refractivity contribution in [3.8, 4) is 0 Å². The maximum atomic E-state index is 12.6. The summed E-state index contributed by atoms with van der Waals surface area (Å²) in [6.07, 6.45) is -4.39. The summed E-state index contributed by atoms with van der Waals surface area (Å²) < 4.78 is 38.2. The van der Waals surface area contributed by atoms with Crippen LogP contribution in [0.3, 0.4) is 0 Å². The molecule has 1 heterocycles. The van der Waals surface area contributed by atoms with Gasteiger partial charge in [0, 0.05) is 4.90 Å². The number of hydrogen-bond acceptors (Lipinski definition) is 5. The molecule has 4 nitrogen and oxygen atoms in total. The maximum Gasteiger partial charge on any atom is 0.416 e. The topological polar surface area (TPSA) is 54.9 Å². The van der Waals surface area contributed by atoms with Crippen molar-refractivity contribution < 1.29 is 18.0 Å². The number of halogens is 4. The Labute approximate surface area is 130 Å². The first kappa shape index (κ1) is 16.1. The van der Waals surface area contributed by atoms with E-state index >= 15 is 0 Å². The van der Waals surface area contributed by atoms with E-state index in [1.54, 1.807) is 6.07 Å². The molecular formula is C11H7ClF3N3OS2. The molecule has 0 radical (unpaired) electrons. The number of hydrogen-bond donors (Lipinski definition) is 1. The highest BCUT2D eigenvalue weighted by atomic mass is 35.5. The van der Waals surface area contributed by atoms with Crippen molar-refractivity contribution in [3.63, 3.8) is 0 Å². The summed E-state index contributed by atoms with van der Waals surface area (Å²) in [6, 6.07) is 4.89. The van der Waals surface area contributed by atoms with Gasteiger partial charge in [-0.25, -0.2) is 0 Å². The van der Waals surface area contributed by atoms with Crippen LogP contribution in [0.1, 0.15) is 5.56 Å². The lowest BCUT2D eigenvalue weighted by molar-refractivity contribution is -0.137. The summed E-state index contributed by atoms with van der Waals surface area (Å²) >= 11 is 7.42. The van der Waals surface area contributed by atoms with Gasteiger partial charge in [0.25, 0.3) is 0 Å². The van der Waals surface area contributed by atoms with Gasteiger partial charge in [0.05, 0.1) is 5.56 Å². The second-order valence-corrected chi connectivity index (χ2v) is 6.25. The fraction of sp³-hybridized carbons (Fsp3) is 0.182. The predicted molar refractivity (Wildman–Crippen MR) is 74.8 cm³/mol. The molecule has 0 fully saturated rings. The first-order valence-electron chi connectivity index (χ1n) is 5.43. The van der Waals surface area contributed by atoms with Crippen molar-refractivity contribution in [3.05, 3.63) is 29.8 Å². The molecule has 1 N–H and O–H groups in total. The zero-order chi connectivity index (χ0) is 15.5. The van der Waals surface area contributed by atoms with Gasteiger partial charge in [0.1, 0.15) is 5.88 Å². The Morgan fingerprint density at radius 1 is 1.38 bits per heavy atom. The van der Waals surface area contributed by atoms with Gasteiger partial charge < -0.3 is 0 Å². The monoisotopic (exact) mass is 353 g/mol. The summed E-state index contributed by atoms with van der Waals surface area (Å²) in [5, 5.41) is 10.1. The molecule has 0 atom stereocenters. The number of anilines is 1. The zero-order valence-corrected chi connectivity index (χ0v) is 12.5. The molecule has 2 aromatic rings. The number of nitrogens with one attached hydrogen (secondary N) is 1. The summed E-state index contributed by atoms with van der Waals surface area (Å²) in [6.45, 7) is 0. The molecule has 0 aliphatic heterocycles. The van der Waals surface area contributed by atoms with Crippen LogP contribution < -0.4 is 5.32 Å². The predicted octanol–water partition coefficient (Wildman–Crippen LogP) is 3.89. The number of carbonyl (C=O) groups is 1. The van der Waals surface area contributed by atoms with E-state index in [1.165, 1.54) is 6.07 Å². The fourth-order valence-electron chi connectivity index (χ4n) is 1.29. The molecule has 112 valence electrons. The number of nitrogens with zero attached hydrogens (tertiary/aromatic N) is 2. The Kier molecular flexibility index (Phi) is 5.07. The molecule has 0 aliphatic rings. The molecular weight excluding hydrogens is 347 g/mol. The van der Waals surface area contributed by atoms with Crippen LogP contribution in [0.4, 0.5) is 18.3 Å². The smallest absolute Gasteiger partial charge is 0.299 e. The highest BCUT2D eigenvalue weighted by Crippen LogP contribution is 2.36. The van der Waals surface area contributed by atoms with Gasteiger partial charge in [0.15, 0.2) is 4.34 Å². The van der Waals surface area contributed by atoms with E-state index < -0.39 is 17.6 Å². The minimum atomic E-state index is -4.39. The van der Waals surface area contributed by atoms with Crippen molar-refractivity contribution in [1.29, 1.82) is 0 Å². The van der Waals surface area contributed by atoms with Crippen LogP contribution in [-0.4, -0.2) is 22.0 Å². The Bertz CT molecular complexity index is 648. The normalized spacial score (nSPS) is 11.4. The van der Waals surface area contributed by atoms with Crippen LogP contribution in [0.5, 0.6) is 0 Å². The average Bonchev–Trinajstić information content (AvgIpc) is 2.85. The summed E-state index contributed by atoms with van der Waals surface area (Å²) in [4.78, 5) is 11.5. The SMILES string of the molecule is O=C(CCl)Nc1nnc(Sc2cccc(C(F)(F)F)c2)s1. The molecule has 0 bridgehead atoms. The molecule has 1 aromatic carbocycles. The second kappa shape index (κ2) is 6.63. The number of rotatable bonds is 4. The molecule has 0 spiro atoms. The van der Waals surface area contributed by atoms with Crippen molar-refractivity contribution in [2.45, 2.75) is 15.4 Å². The van der Waals surface area contributed by atoms with Crippen LogP contribution in [0.15, 0.2) is 33.5 Å². The third-order valence-corrected chi connectivity index (χ3v) is 4.26. The average molecular weight is 354 g/mol. The van der Waals surface area contributed by atoms with Crippen LogP contribution >= 0.6 is 34.7 Å². The van der Waals surface area contributed by atoms with Gasteiger partial charge >= 0.3 is 6.18 Å². The number of alkyl halides is 4. The lowest BCUT2D eigenvalue weighted by atomic mass is 10.2. The van der Waals surface area contributed by atoms with Gasteiger partial charge in [-0.05, 0) is 18.2 Å². The highest BCUT2D eigenvalue weighted by Gasteiger charge is 2.30. The summed E-state index contributed by atoms with van der Waals surface area (Å²) in [5.74, 6) is -0.640. The Morgan fingerprint density at radius 2 is 2.14 bits per heavy atom. The van der Waals surface area contributed by atoms with Crippen molar-refractivity contribution >= 4 is 45.7 Å². The van der Waals surface area contributed by atoms with Crippen LogP contribution in [0, 0.1) is 0 Å². The Morgan fingerprint density at radius 3 is 2.81 bits per heavy atom. The zero-order valence-electron chi connectivity index (χ0n) is 10.1. The van der Waals surface area contributed by atoms with Crippen molar-refractivity contribution in [2.75, 3.05) is 11.2 Å². The minimum absolute atomic E-state index is 0.213. The summed E-state index contributed by atoms with van der Waals surface area (Å²) in [5.41, 5.74) is -0.729. The Balaban J connectivity index is 2.10. The molecule has 0 saturated carbocycles. The van der Waals surface area contributed by atoms with Crippen LogP contribution in [0.2, 0.25) is 0 Å². The summed E-state index contributed by atoms with van der Waals surface area (Å²) in [7, 11) is 0. The van der Waals surface area contributed by atoms with E-state index in [0.717, 1.165) is 35.2 Å². The van der Waals surface area contributed by atoms with Gasteiger partial charge in [-0.15, -0.1) is 21.8 Å². The lowest BCUT2D eigenvalue weighted by Crippen LogP contribution is -2.12. The van der Waals surface area contributed by atoms with E-state index in [4.69, 9.17) is 11.6 Å². The molecule has 0 saturated heterocycles. The highest BCUT2D eigenvalue weighted by molar-refractivity contribution is 8.01. The number of carbonyl (C=O) groups excluding carboxylic acids is 1. The van der Waals surface area contributed by atoms with Crippen molar-refractivity contribution in [2.24, 2.45) is 0 Å². The second-order valence-electron chi connectivity index (χ2n) is 3.68. The molecule has 0 aliphatic carbocycles. The van der Waals surface area contributed by atoms with Crippen molar-refractivity contribution in [1.82, 2.24) is 10.2 Å². The molecule has 1 amide bonds. The third kappa shape index (κ3) is 4.58. The van der Waals surface area contributed by atoms with E-state index in [0.29, 0.717) is 9.24 Å². The van der Waals surface area contributed by atoms with Crippen LogP contribution in [0.25, 0.3) is 0 Å².